The highest BCUT2D eigenvalue weighted by atomic mass is 16.5. The second kappa shape index (κ2) is 4.64. The smallest absolute Gasteiger partial charge is 0.199 e. The first kappa shape index (κ1) is 12.5. The third-order valence-electron chi connectivity index (χ3n) is 3.72. The average molecular weight is 285 g/mol. The summed E-state index contributed by atoms with van der Waals surface area (Å²) in [5, 5.41) is 25.6. The molecule has 2 N–H and O–H groups in total. The lowest BCUT2D eigenvalue weighted by Gasteiger charge is -1.98. The SMILES string of the molecule is OC(O)c1cn(Cc2cn3cc(C4CC4)ccc3n2)nn1. The normalized spacial score (nSPS) is 15.2. The lowest BCUT2D eigenvalue weighted by molar-refractivity contribution is -0.0459. The van der Waals surface area contributed by atoms with E-state index in [0.717, 1.165) is 11.3 Å². The molecule has 0 spiro atoms. The van der Waals surface area contributed by atoms with Crippen molar-refractivity contribution >= 4 is 5.65 Å². The Bertz CT molecular complexity index is 788. The molecule has 4 rings (SSSR count). The van der Waals surface area contributed by atoms with Gasteiger partial charge in [-0.15, -0.1) is 5.10 Å². The summed E-state index contributed by atoms with van der Waals surface area (Å²) < 4.78 is 3.57. The van der Waals surface area contributed by atoms with Crippen LogP contribution >= 0.6 is 0 Å². The first-order valence-corrected chi connectivity index (χ1v) is 6.93. The number of aromatic nitrogens is 5. The minimum Gasteiger partial charge on any atom is -0.363 e. The van der Waals surface area contributed by atoms with Gasteiger partial charge in [0, 0.05) is 12.4 Å². The van der Waals surface area contributed by atoms with Gasteiger partial charge in [0.15, 0.2) is 6.29 Å². The van der Waals surface area contributed by atoms with Crippen LogP contribution in [0.1, 0.15) is 42.0 Å². The first-order valence-electron chi connectivity index (χ1n) is 6.93. The van der Waals surface area contributed by atoms with Gasteiger partial charge in [-0.25, -0.2) is 9.67 Å². The van der Waals surface area contributed by atoms with Crippen LogP contribution in [-0.2, 0) is 6.54 Å². The molecule has 0 saturated heterocycles. The summed E-state index contributed by atoms with van der Waals surface area (Å²) in [6.07, 6.45) is 6.56. The number of aliphatic hydroxyl groups excluding tert-OH is 1. The van der Waals surface area contributed by atoms with Crippen molar-refractivity contribution in [2.24, 2.45) is 0 Å². The molecule has 7 nitrogen and oxygen atoms in total. The van der Waals surface area contributed by atoms with E-state index in [9.17, 15) is 0 Å². The summed E-state index contributed by atoms with van der Waals surface area (Å²) in [4.78, 5) is 4.53. The molecular weight excluding hydrogens is 270 g/mol. The van der Waals surface area contributed by atoms with Crippen LogP contribution in [0.4, 0.5) is 0 Å². The second-order valence-corrected chi connectivity index (χ2v) is 5.45. The van der Waals surface area contributed by atoms with Gasteiger partial charge in [0.05, 0.1) is 18.4 Å². The van der Waals surface area contributed by atoms with Gasteiger partial charge in [0.2, 0.25) is 0 Å². The predicted octanol–water partition coefficient (Wildman–Crippen LogP) is 0.835. The number of rotatable bonds is 4. The molecule has 1 fully saturated rings. The van der Waals surface area contributed by atoms with Crippen molar-refractivity contribution in [1.29, 1.82) is 0 Å². The van der Waals surface area contributed by atoms with Gasteiger partial charge in [0.1, 0.15) is 11.3 Å². The Labute approximate surface area is 120 Å². The number of hydrogen-bond acceptors (Lipinski definition) is 5. The zero-order valence-corrected chi connectivity index (χ0v) is 11.3. The van der Waals surface area contributed by atoms with Gasteiger partial charge in [-0.2, -0.15) is 0 Å². The van der Waals surface area contributed by atoms with Gasteiger partial charge in [-0.1, -0.05) is 11.3 Å². The fourth-order valence-electron chi connectivity index (χ4n) is 2.47. The molecule has 7 heteroatoms. The molecule has 0 bridgehead atoms. The van der Waals surface area contributed by atoms with Crippen LogP contribution in [0.2, 0.25) is 0 Å². The third-order valence-corrected chi connectivity index (χ3v) is 3.72. The molecular formula is C14H15N5O2. The number of fused-ring (bicyclic) bond motifs is 1. The fourth-order valence-corrected chi connectivity index (χ4v) is 2.47. The lowest BCUT2D eigenvalue weighted by Crippen LogP contribution is -2.00. The molecule has 0 aliphatic heterocycles. The van der Waals surface area contributed by atoms with E-state index in [2.05, 4.69) is 27.6 Å². The molecule has 0 amide bonds. The molecule has 3 aromatic rings. The number of aliphatic hydroxyl groups is 2. The van der Waals surface area contributed by atoms with E-state index in [1.165, 1.54) is 24.6 Å². The molecule has 0 radical (unpaired) electrons. The molecule has 1 saturated carbocycles. The van der Waals surface area contributed by atoms with Crippen molar-refractivity contribution in [3.05, 3.63) is 47.7 Å². The van der Waals surface area contributed by atoms with Gasteiger partial charge in [-0.05, 0) is 30.4 Å². The van der Waals surface area contributed by atoms with Crippen molar-refractivity contribution in [3.63, 3.8) is 0 Å². The molecule has 1 aliphatic rings. The van der Waals surface area contributed by atoms with Crippen LogP contribution in [0.15, 0.2) is 30.7 Å². The number of pyridine rings is 1. The Kier molecular flexibility index (Phi) is 2.76. The Balaban J connectivity index is 1.60. The number of imidazole rings is 1. The quantitative estimate of drug-likeness (QED) is 0.693. The highest BCUT2D eigenvalue weighted by Gasteiger charge is 2.23. The standard InChI is InChI=1S/C14H15N5O2/c20-14(21)12-8-19(17-16-12)7-11-6-18-5-10(9-1-2-9)3-4-13(18)15-11/h3-6,8-9,14,20-21H,1-2,7H2. The Morgan fingerprint density at radius 1 is 1.19 bits per heavy atom. The number of hydrogen-bond donors (Lipinski definition) is 2. The van der Waals surface area contributed by atoms with E-state index in [1.54, 1.807) is 4.68 Å². The average Bonchev–Trinajstić information content (AvgIpc) is 3.07. The van der Waals surface area contributed by atoms with Crippen molar-refractivity contribution in [3.8, 4) is 0 Å². The molecule has 3 aromatic heterocycles. The maximum atomic E-state index is 9.03. The van der Waals surface area contributed by atoms with Crippen LogP contribution in [0, 0.1) is 0 Å². The topological polar surface area (TPSA) is 88.5 Å². The van der Waals surface area contributed by atoms with Crippen LogP contribution in [0.3, 0.4) is 0 Å². The zero-order valence-electron chi connectivity index (χ0n) is 11.3. The van der Waals surface area contributed by atoms with Gasteiger partial charge in [-0.3, -0.25) is 0 Å². The van der Waals surface area contributed by atoms with Crippen LogP contribution < -0.4 is 0 Å². The third kappa shape index (κ3) is 2.41. The molecule has 108 valence electrons. The zero-order chi connectivity index (χ0) is 14.4. The Morgan fingerprint density at radius 2 is 2.05 bits per heavy atom. The van der Waals surface area contributed by atoms with Gasteiger partial charge in [0.25, 0.3) is 0 Å². The summed E-state index contributed by atoms with van der Waals surface area (Å²) in [6, 6.07) is 4.17. The molecule has 3 heterocycles. The second-order valence-electron chi connectivity index (χ2n) is 5.45. The van der Waals surface area contributed by atoms with E-state index in [-0.39, 0.29) is 5.69 Å². The van der Waals surface area contributed by atoms with E-state index in [1.807, 2.05) is 16.7 Å². The largest absolute Gasteiger partial charge is 0.363 e. The Hall–Kier alpha value is -2.25. The van der Waals surface area contributed by atoms with Crippen LogP contribution in [0.25, 0.3) is 5.65 Å². The maximum Gasteiger partial charge on any atom is 0.199 e. The fraction of sp³-hybridized carbons (Fsp3) is 0.357. The molecule has 0 aromatic carbocycles. The summed E-state index contributed by atoms with van der Waals surface area (Å²) in [5.41, 5.74) is 3.25. The monoisotopic (exact) mass is 285 g/mol. The summed E-state index contributed by atoms with van der Waals surface area (Å²) >= 11 is 0. The van der Waals surface area contributed by atoms with Crippen molar-refractivity contribution in [2.45, 2.75) is 31.6 Å². The van der Waals surface area contributed by atoms with Crippen LogP contribution in [0.5, 0.6) is 0 Å². The van der Waals surface area contributed by atoms with Crippen molar-refractivity contribution < 1.29 is 10.2 Å². The summed E-state index contributed by atoms with van der Waals surface area (Å²) in [5.74, 6) is 0.712. The minimum atomic E-state index is -1.60. The maximum absolute atomic E-state index is 9.03. The first-order chi connectivity index (χ1) is 10.2. The molecule has 21 heavy (non-hydrogen) atoms. The highest BCUT2D eigenvalue weighted by Crippen LogP contribution is 2.39. The van der Waals surface area contributed by atoms with Crippen molar-refractivity contribution in [2.75, 3.05) is 0 Å². The van der Waals surface area contributed by atoms with E-state index >= 15 is 0 Å². The van der Waals surface area contributed by atoms with Gasteiger partial charge < -0.3 is 14.6 Å². The van der Waals surface area contributed by atoms with Gasteiger partial charge >= 0.3 is 0 Å². The van der Waals surface area contributed by atoms with E-state index < -0.39 is 6.29 Å². The van der Waals surface area contributed by atoms with E-state index in [4.69, 9.17) is 10.2 Å². The minimum absolute atomic E-state index is 0.134. The van der Waals surface area contributed by atoms with Crippen LogP contribution in [-0.4, -0.2) is 34.6 Å². The molecule has 0 atom stereocenters. The number of nitrogens with zero attached hydrogens (tertiary/aromatic N) is 5. The Morgan fingerprint density at radius 3 is 2.76 bits per heavy atom. The van der Waals surface area contributed by atoms with E-state index in [0.29, 0.717) is 12.5 Å². The highest BCUT2D eigenvalue weighted by molar-refractivity contribution is 5.42. The van der Waals surface area contributed by atoms with Crippen molar-refractivity contribution in [1.82, 2.24) is 24.4 Å². The summed E-state index contributed by atoms with van der Waals surface area (Å²) in [7, 11) is 0. The molecule has 1 aliphatic carbocycles. The molecule has 0 unspecified atom stereocenters. The predicted molar refractivity (Wildman–Crippen MR) is 73.5 cm³/mol. The lowest BCUT2D eigenvalue weighted by atomic mass is 10.2. The summed E-state index contributed by atoms with van der Waals surface area (Å²) in [6.45, 7) is 0.445.